The summed E-state index contributed by atoms with van der Waals surface area (Å²) in [7, 11) is 0. The van der Waals surface area contributed by atoms with Gasteiger partial charge in [0.25, 0.3) is 0 Å². The SMILES string of the molecule is N#Cc1cc(Cl)ccc1N1CCOC(c2ccccc2Cl)C1. The third kappa shape index (κ3) is 3.05. The van der Waals surface area contributed by atoms with Gasteiger partial charge in [-0.1, -0.05) is 41.4 Å². The van der Waals surface area contributed by atoms with Crippen LogP contribution in [-0.4, -0.2) is 19.7 Å². The van der Waals surface area contributed by atoms with Gasteiger partial charge in [0, 0.05) is 28.7 Å². The predicted molar refractivity (Wildman–Crippen MR) is 88.5 cm³/mol. The van der Waals surface area contributed by atoms with Crippen molar-refractivity contribution < 1.29 is 4.74 Å². The summed E-state index contributed by atoms with van der Waals surface area (Å²) in [6.45, 7) is 1.97. The van der Waals surface area contributed by atoms with Crippen molar-refractivity contribution in [2.75, 3.05) is 24.6 Å². The lowest BCUT2D eigenvalue weighted by Crippen LogP contribution is -2.38. The first-order valence-electron chi connectivity index (χ1n) is 6.99. The van der Waals surface area contributed by atoms with Gasteiger partial charge < -0.3 is 9.64 Å². The fourth-order valence-electron chi connectivity index (χ4n) is 2.67. The fraction of sp³-hybridized carbons (Fsp3) is 0.235. The first kappa shape index (κ1) is 15.2. The summed E-state index contributed by atoms with van der Waals surface area (Å²) >= 11 is 12.2. The largest absolute Gasteiger partial charge is 0.370 e. The molecule has 3 rings (SSSR count). The van der Waals surface area contributed by atoms with Crippen LogP contribution in [0, 0.1) is 11.3 Å². The second kappa shape index (κ2) is 6.58. The van der Waals surface area contributed by atoms with Crippen LogP contribution in [0.2, 0.25) is 10.0 Å². The summed E-state index contributed by atoms with van der Waals surface area (Å²) in [6, 6.07) is 15.3. The van der Waals surface area contributed by atoms with E-state index in [-0.39, 0.29) is 6.10 Å². The van der Waals surface area contributed by atoms with Gasteiger partial charge in [-0.2, -0.15) is 5.26 Å². The molecule has 3 nitrogen and oxygen atoms in total. The van der Waals surface area contributed by atoms with Gasteiger partial charge in [0.1, 0.15) is 12.2 Å². The highest BCUT2D eigenvalue weighted by atomic mass is 35.5. The number of hydrogen-bond acceptors (Lipinski definition) is 3. The van der Waals surface area contributed by atoms with Crippen molar-refractivity contribution in [1.82, 2.24) is 0 Å². The van der Waals surface area contributed by atoms with E-state index in [1.165, 1.54) is 0 Å². The topological polar surface area (TPSA) is 36.3 Å². The van der Waals surface area contributed by atoms with Crippen LogP contribution in [0.5, 0.6) is 0 Å². The molecule has 0 bridgehead atoms. The van der Waals surface area contributed by atoms with Crippen LogP contribution in [-0.2, 0) is 4.74 Å². The Balaban J connectivity index is 1.88. The number of anilines is 1. The number of benzene rings is 2. The van der Waals surface area contributed by atoms with Crippen molar-refractivity contribution >= 4 is 28.9 Å². The standard InChI is InChI=1S/C17H14Cl2N2O/c18-13-5-6-16(12(9-13)10-20)21-7-8-22-17(11-21)14-3-1-2-4-15(14)19/h1-6,9,17H,7-8,11H2. The first-order valence-corrected chi connectivity index (χ1v) is 7.75. The van der Waals surface area contributed by atoms with E-state index >= 15 is 0 Å². The molecule has 1 saturated heterocycles. The Hall–Kier alpha value is -1.73. The Kier molecular flexibility index (Phi) is 4.54. The highest BCUT2D eigenvalue weighted by Gasteiger charge is 2.25. The molecule has 0 radical (unpaired) electrons. The highest BCUT2D eigenvalue weighted by Crippen LogP contribution is 2.32. The van der Waals surface area contributed by atoms with E-state index in [0.717, 1.165) is 17.8 Å². The Bertz CT molecular complexity index is 727. The molecule has 112 valence electrons. The smallest absolute Gasteiger partial charge is 0.101 e. The lowest BCUT2D eigenvalue weighted by atomic mass is 10.1. The molecule has 0 aliphatic carbocycles. The van der Waals surface area contributed by atoms with Gasteiger partial charge in [0.05, 0.1) is 17.9 Å². The lowest BCUT2D eigenvalue weighted by Gasteiger charge is -2.35. The molecule has 0 aromatic heterocycles. The van der Waals surface area contributed by atoms with Crippen molar-refractivity contribution in [3.63, 3.8) is 0 Å². The molecule has 1 unspecified atom stereocenters. The minimum atomic E-state index is -0.107. The monoisotopic (exact) mass is 332 g/mol. The number of hydrogen-bond donors (Lipinski definition) is 0. The molecule has 1 atom stereocenters. The molecule has 1 aliphatic rings. The molecule has 1 heterocycles. The van der Waals surface area contributed by atoms with Crippen LogP contribution in [0.25, 0.3) is 0 Å². The number of rotatable bonds is 2. The first-order chi connectivity index (χ1) is 10.7. The third-order valence-electron chi connectivity index (χ3n) is 3.74. The van der Waals surface area contributed by atoms with E-state index in [1.54, 1.807) is 12.1 Å². The molecule has 1 fully saturated rings. The van der Waals surface area contributed by atoms with Gasteiger partial charge in [0.2, 0.25) is 0 Å². The minimum Gasteiger partial charge on any atom is -0.370 e. The maximum Gasteiger partial charge on any atom is 0.101 e. The Morgan fingerprint density at radius 1 is 1.18 bits per heavy atom. The van der Waals surface area contributed by atoms with Crippen LogP contribution < -0.4 is 4.90 Å². The molecule has 5 heteroatoms. The molecule has 2 aromatic carbocycles. The van der Waals surface area contributed by atoms with Gasteiger partial charge in [-0.3, -0.25) is 0 Å². The maximum atomic E-state index is 9.31. The molecular weight excluding hydrogens is 319 g/mol. The Labute approximate surface area is 139 Å². The second-order valence-corrected chi connectivity index (χ2v) is 5.94. The van der Waals surface area contributed by atoms with Crippen molar-refractivity contribution in [3.05, 3.63) is 63.6 Å². The molecule has 0 saturated carbocycles. The normalized spacial score (nSPS) is 18.0. The van der Waals surface area contributed by atoms with E-state index in [1.807, 2.05) is 30.3 Å². The predicted octanol–water partition coefficient (Wildman–Crippen LogP) is 4.44. The number of halogens is 2. The summed E-state index contributed by atoms with van der Waals surface area (Å²) in [5.41, 5.74) is 2.43. The van der Waals surface area contributed by atoms with Crippen LogP contribution in [0.1, 0.15) is 17.2 Å². The molecule has 2 aromatic rings. The Morgan fingerprint density at radius 2 is 2.00 bits per heavy atom. The fourth-order valence-corrected chi connectivity index (χ4v) is 3.10. The van der Waals surface area contributed by atoms with E-state index in [2.05, 4.69) is 11.0 Å². The van der Waals surface area contributed by atoms with Crippen molar-refractivity contribution in [2.24, 2.45) is 0 Å². The molecule has 1 aliphatic heterocycles. The molecule has 22 heavy (non-hydrogen) atoms. The van der Waals surface area contributed by atoms with E-state index in [0.29, 0.717) is 28.8 Å². The molecular formula is C17H14Cl2N2O. The summed E-state index contributed by atoms with van der Waals surface area (Å²) in [4.78, 5) is 2.15. The number of morpholine rings is 1. The number of nitriles is 1. The zero-order valence-corrected chi connectivity index (χ0v) is 13.3. The van der Waals surface area contributed by atoms with Gasteiger partial charge in [-0.05, 0) is 24.3 Å². The van der Waals surface area contributed by atoms with Gasteiger partial charge in [0.15, 0.2) is 0 Å². The summed E-state index contributed by atoms with van der Waals surface area (Å²) in [5, 5.41) is 10.6. The van der Waals surface area contributed by atoms with E-state index in [4.69, 9.17) is 27.9 Å². The van der Waals surface area contributed by atoms with Crippen LogP contribution in [0.15, 0.2) is 42.5 Å². The van der Waals surface area contributed by atoms with Crippen molar-refractivity contribution in [2.45, 2.75) is 6.10 Å². The van der Waals surface area contributed by atoms with Crippen molar-refractivity contribution in [1.29, 1.82) is 5.26 Å². The van der Waals surface area contributed by atoms with Gasteiger partial charge in [-0.25, -0.2) is 0 Å². The molecule has 0 spiro atoms. The van der Waals surface area contributed by atoms with Gasteiger partial charge in [-0.15, -0.1) is 0 Å². The second-order valence-electron chi connectivity index (χ2n) is 5.10. The zero-order chi connectivity index (χ0) is 15.5. The average Bonchev–Trinajstić information content (AvgIpc) is 2.55. The van der Waals surface area contributed by atoms with Crippen molar-refractivity contribution in [3.8, 4) is 6.07 Å². The third-order valence-corrected chi connectivity index (χ3v) is 4.32. The van der Waals surface area contributed by atoms with Crippen LogP contribution in [0.3, 0.4) is 0 Å². The summed E-state index contributed by atoms with van der Waals surface area (Å²) in [6.07, 6.45) is -0.107. The van der Waals surface area contributed by atoms with E-state index < -0.39 is 0 Å². The minimum absolute atomic E-state index is 0.107. The van der Waals surface area contributed by atoms with Gasteiger partial charge >= 0.3 is 0 Å². The Morgan fingerprint density at radius 3 is 2.77 bits per heavy atom. The summed E-state index contributed by atoms with van der Waals surface area (Å²) in [5.74, 6) is 0. The van der Waals surface area contributed by atoms with Crippen LogP contribution >= 0.6 is 23.2 Å². The quantitative estimate of drug-likeness (QED) is 0.815. The zero-order valence-electron chi connectivity index (χ0n) is 11.8. The average molecular weight is 333 g/mol. The van der Waals surface area contributed by atoms with Crippen LogP contribution in [0.4, 0.5) is 5.69 Å². The number of ether oxygens (including phenoxy) is 1. The molecule has 0 N–H and O–H groups in total. The highest BCUT2D eigenvalue weighted by molar-refractivity contribution is 6.31. The summed E-state index contributed by atoms with van der Waals surface area (Å²) < 4.78 is 5.86. The van der Waals surface area contributed by atoms with E-state index in [9.17, 15) is 5.26 Å². The molecule has 0 amide bonds. The maximum absolute atomic E-state index is 9.31. The lowest BCUT2D eigenvalue weighted by molar-refractivity contribution is 0.0398. The number of nitrogens with zero attached hydrogens (tertiary/aromatic N) is 2.